The van der Waals surface area contributed by atoms with Crippen LogP contribution in [0.25, 0.3) is 0 Å². The van der Waals surface area contributed by atoms with Crippen LogP contribution >= 0.6 is 0 Å². The maximum atomic E-state index is 12.6. The molecule has 0 aliphatic heterocycles. The van der Waals surface area contributed by atoms with Gasteiger partial charge in [-0.25, -0.2) is 4.79 Å². The smallest absolute Gasteiger partial charge is 0.407 e. The monoisotopic (exact) mass is 355 g/mol. The van der Waals surface area contributed by atoms with Gasteiger partial charge in [0.15, 0.2) is 5.78 Å². The minimum Gasteiger partial charge on any atom is -0.444 e. The van der Waals surface area contributed by atoms with E-state index in [4.69, 9.17) is 4.74 Å². The average Bonchev–Trinajstić information content (AvgIpc) is 2.53. The maximum Gasteiger partial charge on any atom is 0.407 e. The molecule has 2 N–H and O–H groups in total. The fourth-order valence-corrected chi connectivity index (χ4v) is 3.64. The molecular weight excluding hydrogens is 318 g/mol. The summed E-state index contributed by atoms with van der Waals surface area (Å²) in [6, 6.07) is -0.578. The zero-order valence-corrected chi connectivity index (χ0v) is 16.6. The van der Waals surface area contributed by atoms with Crippen molar-refractivity contribution >= 4 is 11.9 Å². The van der Waals surface area contributed by atoms with Crippen LogP contribution in [0.15, 0.2) is 0 Å². The highest BCUT2D eigenvalue weighted by molar-refractivity contribution is 5.86. The van der Waals surface area contributed by atoms with E-state index in [-0.39, 0.29) is 11.7 Å². The zero-order valence-electron chi connectivity index (χ0n) is 16.6. The predicted octanol–water partition coefficient (Wildman–Crippen LogP) is 4.22. The van der Waals surface area contributed by atoms with E-state index in [1.165, 1.54) is 19.3 Å². The van der Waals surface area contributed by atoms with Crippen LogP contribution in [-0.2, 0) is 9.53 Å². The molecule has 0 aromatic heterocycles. The van der Waals surface area contributed by atoms with Crippen LogP contribution in [0.1, 0.15) is 86.0 Å². The van der Waals surface area contributed by atoms with Crippen molar-refractivity contribution < 1.29 is 19.4 Å². The molecule has 1 rings (SSSR count). The SMILES string of the molecule is CCC(CC)C(=O)[C@H](O)[C@H](CC1CCCCC1)NC(=O)OC(C)(C)C. The summed E-state index contributed by atoms with van der Waals surface area (Å²) in [7, 11) is 0. The lowest BCUT2D eigenvalue weighted by atomic mass is 9.81. The minimum atomic E-state index is -1.17. The largest absolute Gasteiger partial charge is 0.444 e. The second-order valence-electron chi connectivity index (χ2n) is 8.35. The summed E-state index contributed by atoms with van der Waals surface area (Å²) in [5.41, 5.74) is -0.607. The van der Waals surface area contributed by atoms with Gasteiger partial charge in [0.25, 0.3) is 0 Å². The van der Waals surface area contributed by atoms with E-state index in [0.29, 0.717) is 25.2 Å². The molecule has 0 spiro atoms. The van der Waals surface area contributed by atoms with Crippen molar-refractivity contribution in [3.63, 3.8) is 0 Å². The molecule has 1 fully saturated rings. The number of amides is 1. The van der Waals surface area contributed by atoms with Crippen LogP contribution in [0, 0.1) is 11.8 Å². The molecule has 5 nitrogen and oxygen atoms in total. The van der Waals surface area contributed by atoms with Gasteiger partial charge < -0.3 is 15.2 Å². The number of carbonyl (C=O) groups excluding carboxylic acids is 2. The first-order valence-electron chi connectivity index (χ1n) is 9.89. The average molecular weight is 356 g/mol. The number of hydrogen-bond acceptors (Lipinski definition) is 4. The van der Waals surface area contributed by atoms with Gasteiger partial charge in [-0.3, -0.25) is 4.79 Å². The molecule has 1 aliphatic rings. The van der Waals surface area contributed by atoms with Gasteiger partial charge in [-0.1, -0.05) is 46.0 Å². The van der Waals surface area contributed by atoms with E-state index in [1.54, 1.807) is 20.8 Å². The lowest BCUT2D eigenvalue weighted by Crippen LogP contribution is -2.50. The van der Waals surface area contributed by atoms with E-state index in [0.717, 1.165) is 12.8 Å². The number of alkyl carbamates (subject to hydrolysis) is 1. The first-order valence-corrected chi connectivity index (χ1v) is 9.89. The first kappa shape index (κ1) is 21.9. The summed E-state index contributed by atoms with van der Waals surface area (Å²) in [5, 5.41) is 13.4. The molecule has 0 aromatic rings. The van der Waals surface area contributed by atoms with Crippen molar-refractivity contribution in [2.24, 2.45) is 11.8 Å². The highest BCUT2D eigenvalue weighted by Crippen LogP contribution is 2.29. The number of nitrogens with one attached hydrogen (secondary N) is 1. The Morgan fingerprint density at radius 1 is 1.12 bits per heavy atom. The lowest BCUT2D eigenvalue weighted by Gasteiger charge is -2.31. The number of aliphatic hydroxyl groups excluding tert-OH is 1. The van der Waals surface area contributed by atoms with Crippen LogP contribution < -0.4 is 5.32 Å². The molecule has 0 bridgehead atoms. The highest BCUT2D eigenvalue weighted by atomic mass is 16.6. The van der Waals surface area contributed by atoms with Crippen LogP contribution in [-0.4, -0.2) is 34.7 Å². The van der Waals surface area contributed by atoms with Crippen molar-refractivity contribution in [3.05, 3.63) is 0 Å². The number of ether oxygens (including phenoxy) is 1. The van der Waals surface area contributed by atoms with E-state index in [1.807, 2.05) is 13.8 Å². The predicted molar refractivity (Wildman–Crippen MR) is 99.4 cm³/mol. The van der Waals surface area contributed by atoms with E-state index in [9.17, 15) is 14.7 Å². The third-order valence-electron chi connectivity index (χ3n) is 5.07. The molecule has 0 heterocycles. The Bertz CT molecular complexity index is 420. The van der Waals surface area contributed by atoms with Crippen molar-refractivity contribution in [1.82, 2.24) is 5.32 Å². The third-order valence-corrected chi connectivity index (χ3v) is 5.07. The fraction of sp³-hybridized carbons (Fsp3) is 0.900. The first-order chi connectivity index (χ1) is 11.7. The number of Topliss-reactive ketones (excluding diaryl/α,β-unsaturated/α-hetero) is 1. The summed E-state index contributed by atoms with van der Waals surface area (Å²) in [5.74, 6) is 0.115. The Morgan fingerprint density at radius 3 is 2.16 bits per heavy atom. The molecule has 25 heavy (non-hydrogen) atoms. The molecular formula is C20H37NO4. The maximum absolute atomic E-state index is 12.6. The summed E-state index contributed by atoms with van der Waals surface area (Å²) in [4.78, 5) is 24.8. The van der Waals surface area contributed by atoms with Gasteiger partial charge in [0.1, 0.15) is 11.7 Å². The van der Waals surface area contributed by atoms with Gasteiger partial charge in [-0.2, -0.15) is 0 Å². The van der Waals surface area contributed by atoms with Crippen molar-refractivity contribution in [2.45, 2.75) is 104 Å². The van der Waals surface area contributed by atoms with Crippen LogP contribution in [0.3, 0.4) is 0 Å². The molecule has 0 saturated heterocycles. The number of carbonyl (C=O) groups is 2. The number of ketones is 1. The van der Waals surface area contributed by atoms with Crippen LogP contribution in [0.4, 0.5) is 4.79 Å². The second kappa shape index (κ2) is 10.1. The third kappa shape index (κ3) is 7.76. The summed E-state index contributed by atoms with van der Waals surface area (Å²) in [6.07, 6.45) is 6.10. The number of aliphatic hydroxyl groups is 1. The van der Waals surface area contributed by atoms with Crippen LogP contribution in [0.5, 0.6) is 0 Å². The minimum absolute atomic E-state index is 0.163. The Balaban J connectivity index is 2.81. The van der Waals surface area contributed by atoms with E-state index < -0.39 is 23.8 Å². The Kier molecular flexibility index (Phi) is 8.91. The standard InChI is InChI=1S/C20H37NO4/c1-6-15(7-2)17(22)18(23)16(13-14-11-9-8-10-12-14)21-19(24)25-20(3,4)5/h14-16,18,23H,6-13H2,1-5H3,(H,21,24)/t16-,18+/m0/s1. The molecule has 5 heteroatoms. The molecule has 0 unspecified atom stereocenters. The topological polar surface area (TPSA) is 75.6 Å². The van der Waals surface area contributed by atoms with Crippen LogP contribution in [0.2, 0.25) is 0 Å². The van der Waals surface area contributed by atoms with Gasteiger partial charge >= 0.3 is 6.09 Å². The Morgan fingerprint density at radius 2 is 1.68 bits per heavy atom. The van der Waals surface area contributed by atoms with Gasteiger partial charge in [-0.05, 0) is 46.0 Å². The van der Waals surface area contributed by atoms with Gasteiger partial charge in [0.2, 0.25) is 0 Å². The summed E-state index contributed by atoms with van der Waals surface area (Å²) in [6.45, 7) is 9.31. The summed E-state index contributed by atoms with van der Waals surface area (Å²) >= 11 is 0. The molecule has 1 aliphatic carbocycles. The Hall–Kier alpha value is -1.10. The molecule has 146 valence electrons. The van der Waals surface area contributed by atoms with Gasteiger partial charge in [0, 0.05) is 5.92 Å². The zero-order chi connectivity index (χ0) is 19.0. The van der Waals surface area contributed by atoms with Gasteiger partial charge in [-0.15, -0.1) is 0 Å². The molecule has 0 radical (unpaired) electrons. The molecule has 0 aromatic carbocycles. The quantitative estimate of drug-likeness (QED) is 0.683. The molecule has 1 saturated carbocycles. The molecule has 2 atom stereocenters. The van der Waals surface area contributed by atoms with Crippen molar-refractivity contribution in [2.75, 3.05) is 0 Å². The van der Waals surface area contributed by atoms with E-state index >= 15 is 0 Å². The highest BCUT2D eigenvalue weighted by Gasteiger charge is 2.34. The van der Waals surface area contributed by atoms with E-state index in [2.05, 4.69) is 5.32 Å². The summed E-state index contributed by atoms with van der Waals surface area (Å²) < 4.78 is 5.33. The Labute approximate surface area is 152 Å². The van der Waals surface area contributed by atoms with Crippen molar-refractivity contribution in [3.8, 4) is 0 Å². The van der Waals surface area contributed by atoms with Crippen molar-refractivity contribution in [1.29, 1.82) is 0 Å². The normalized spacial score (nSPS) is 18.7. The van der Waals surface area contributed by atoms with Gasteiger partial charge in [0.05, 0.1) is 6.04 Å². The second-order valence-corrected chi connectivity index (χ2v) is 8.35. The molecule has 1 amide bonds. The number of rotatable bonds is 8. The fourth-order valence-electron chi connectivity index (χ4n) is 3.64. The lowest BCUT2D eigenvalue weighted by molar-refractivity contribution is -0.133. The number of hydrogen-bond donors (Lipinski definition) is 2.